The lowest BCUT2D eigenvalue weighted by Crippen LogP contribution is -2.72. The van der Waals surface area contributed by atoms with Crippen molar-refractivity contribution in [2.45, 2.75) is 17.9 Å². The third kappa shape index (κ3) is 3.47. The van der Waals surface area contributed by atoms with E-state index in [0.29, 0.717) is 5.02 Å². The molecule has 0 aliphatic carbocycles. The van der Waals surface area contributed by atoms with E-state index in [0.717, 1.165) is 6.20 Å². The highest BCUT2D eigenvalue weighted by Crippen LogP contribution is 2.43. The van der Waals surface area contributed by atoms with Gasteiger partial charge in [-0.05, 0) is 29.8 Å². The highest BCUT2D eigenvalue weighted by molar-refractivity contribution is 6.30. The van der Waals surface area contributed by atoms with Crippen LogP contribution in [0.4, 0.5) is 18.0 Å². The lowest BCUT2D eigenvalue weighted by molar-refractivity contribution is -0.287. The molecule has 3 N–H and O–H groups in total. The van der Waals surface area contributed by atoms with E-state index in [-0.39, 0.29) is 11.1 Å². The summed E-state index contributed by atoms with van der Waals surface area (Å²) < 4.78 is 41.1. The Morgan fingerprint density at radius 1 is 1.22 bits per heavy atom. The van der Waals surface area contributed by atoms with Crippen molar-refractivity contribution in [3.8, 4) is 0 Å². The van der Waals surface area contributed by atoms with Crippen LogP contribution in [0.1, 0.15) is 22.0 Å². The third-order valence-corrected chi connectivity index (χ3v) is 4.52. The molecule has 2 aromatic rings. The topological polar surface area (TPSA) is 91.3 Å². The number of alkyl halides is 3. The molecule has 1 aliphatic rings. The number of nitrogens with one attached hydrogen (secondary N) is 2. The highest BCUT2D eigenvalue weighted by Gasteiger charge is 2.66. The molecule has 3 rings (SSSR count). The minimum atomic E-state index is -5.31. The number of ketones is 1. The molecule has 1 aromatic carbocycles. The molecular weight excluding hydrogens is 387 g/mol. The number of pyridine rings is 1. The molecule has 0 saturated carbocycles. The Balaban J connectivity index is 2.15. The van der Waals surface area contributed by atoms with Crippen molar-refractivity contribution < 1.29 is 27.9 Å². The number of urea groups is 1. The van der Waals surface area contributed by atoms with Crippen LogP contribution in [0.3, 0.4) is 0 Å². The summed E-state index contributed by atoms with van der Waals surface area (Å²) in [7, 11) is 0. The van der Waals surface area contributed by atoms with E-state index in [1.165, 1.54) is 47.9 Å². The summed E-state index contributed by atoms with van der Waals surface area (Å²) in [6.45, 7) is 0. The number of aliphatic hydroxyl groups is 1. The number of benzene rings is 1. The summed E-state index contributed by atoms with van der Waals surface area (Å²) in [5, 5.41) is 14.5. The first-order valence-electron chi connectivity index (χ1n) is 7.71. The molecule has 6 nitrogen and oxygen atoms in total. The summed E-state index contributed by atoms with van der Waals surface area (Å²) in [6.07, 6.45) is -2.86. The van der Waals surface area contributed by atoms with Crippen LogP contribution in [-0.4, -0.2) is 33.8 Å². The van der Waals surface area contributed by atoms with E-state index in [2.05, 4.69) is 10.3 Å². The van der Waals surface area contributed by atoms with Gasteiger partial charge >= 0.3 is 12.2 Å². The minimum absolute atomic E-state index is 0.137. The van der Waals surface area contributed by atoms with Gasteiger partial charge < -0.3 is 15.7 Å². The first-order chi connectivity index (χ1) is 12.6. The second-order valence-electron chi connectivity index (χ2n) is 5.98. The molecule has 27 heavy (non-hydrogen) atoms. The number of hydrogen-bond donors (Lipinski definition) is 3. The van der Waals surface area contributed by atoms with Crippen molar-refractivity contribution >= 4 is 23.4 Å². The molecule has 0 radical (unpaired) electrons. The first kappa shape index (κ1) is 19.1. The maximum atomic E-state index is 13.7. The maximum absolute atomic E-state index is 13.7. The number of halogens is 4. The number of hydrogen-bond acceptors (Lipinski definition) is 4. The Labute approximate surface area is 156 Å². The van der Waals surface area contributed by atoms with E-state index in [1.54, 1.807) is 0 Å². The van der Waals surface area contributed by atoms with E-state index >= 15 is 0 Å². The van der Waals surface area contributed by atoms with Gasteiger partial charge in [0, 0.05) is 23.0 Å². The molecule has 1 fully saturated rings. The molecule has 0 spiro atoms. The average Bonchev–Trinajstić information content (AvgIpc) is 2.61. The molecule has 3 atom stereocenters. The number of amides is 2. The van der Waals surface area contributed by atoms with E-state index in [4.69, 9.17) is 11.6 Å². The predicted molar refractivity (Wildman–Crippen MR) is 88.9 cm³/mol. The summed E-state index contributed by atoms with van der Waals surface area (Å²) in [6, 6.07) is 5.51. The van der Waals surface area contributed by atoms with Crippen LogP contribution < -0.4 is 10.6 Å². The third-order valence-electron chi connectivity index (χ3n) is 4.26. The van der Waals surface area contributed by atoms with Crippen LogP contribution in [0.2, 0.25) is 5.02 Å². The van der Waals surface area contributed by atoms with Gasteiger partial charge in [0.2, 0.25) is 5.72 Å². The highest BCUT2D eigenvalue weighted by atomic mass is 35.5. The summed E-state index contributed by atoms with van der Waals surface area (Å²) >= 11 is 5.80. The number of rotatable bonds is 3. The first-order valence-corrected chi connectivity index (χ1v) is 8.09. The molecule has 1 aliphatic heterocycles. The normalized spacial score (nSPS) is 25.4. The second-order valence-corrected chi connectivity index (χ2v) is 6.41. The molecule has 0 unspecified atom stereocenters. The fraction of sp³-hybridized carbons (Fsp3) is 0.235. The van der Waals surface area contributed by atoms with Crippen LogP contribution in [-0.2, 0) is 0 Å². The van der Waals surface area contributed by atoms with E-state index in [9.17, 15) is 27.9 Å². The molecule has 142 valence electrons. The number of Topliss-reactive ketones (excluding diaryl/α,β-unsaturated/α-hetero) is 1. The molecular formula is C17H13ClF3N3O3. The van der Waals surface area contributed by atoms with Gasteiger partial charge in [-0.2, -0.15) is 13.2 Å². The zero-order valence-corrected chi connectivity index (χ0v) is 14.3. The number of nitrogens with zero attached hydrogens (tertiary/aromatic N) is 1. The van der Waals surface area contributed by atoms with E-state index < -0.39 is 35.7 Å². The van der Waals surface area contributed by atoms with Gasteiger partial charge in [0.15, 0.2) is 5.78 Å². The lowest BCUT2D eigenvalue weighted by atomic mass is 9.77. The molecule has 10 heteroatoms. The second kappa shape index (κ2) is 6.82. The van der Waals surface area contributed by atoms with Crippen LogP contribution in [0.15, 0.2) is 48.8 Å². The van der Waals surface area contributed by atoms with E-state index in [1.807, 2.05) is 0 Å². The zero-order chi connectivity index (χ0) is 19.8. The monoisotopic (exact) mass is 399 g/mol. The Bertz CT molecular complexity index is 861. The van der Waals surface area contributed by atoms with Crippen LogP contribution >= 0.6 is 11.6 Å². The van der Waals surface area contributed by atoms with Crippen LogP contribution in [0.5, 0.6) is 0 Å². The molecule has 2 amide bonds. The zero-order valence-electron chi connectivity index (χ0n) is 13.5. The van der Waals surface area contributed by atoms with Gasteiger partial charge in [-0.25, -0.2) is 4.79 Å². The number of carbonyl (C=O) groups excluding carboxylic acids is 2. The molecule has 1 saturated heterocycles. The predicted octanol–water partition coefficient (Wildman–Crippen LogP) is 2.84. The van der Waals surface area contributed by atoms with Gasteiger partial charge in [-0.15, -0.1) is 0 Å². The molecule has 0 bridgehead atoms. The Hall–Kier alpha value is -2.65. The van der Waals surface area contributed by atoms with Crippen molar-refractivity contribution in [3.63, 3.8) is 0 Å². The Kier molecular flexibility index (Phi) is 4.83. The van der Waals surface area contributed by atoms with Gasteiger partial charge in [0.25, 0.3) is 0 Å². The average molecular weight is 400 g/mol. The smallest absolute Gasteiger partial charge is 0.363 e. The number of aromatic nitrogens is 1. The Morgan fingerprint density at radius 3 is 2.44 bits per heavy atom. The van der Waals surface area contributed by atoms with Gasteiger partial charge in [-0.3, -0.25) is 9.78 Å². The standard InChI is InChI=1S/C17H13ClF3N3O3/c18-11-5-3-9(4-6-11)13-12(14(25)10-2-1-7-22-8-10)16(27,17(19,20)21)24-15(26)23-13/h1-8,12-13,27H,(H2,23,24,26)/t12-,13-,16-/m0/s1. The summed E-state index contributed by atoms with van der Waals surface area (Å²) in [5.74, 6) is -3.13. The van der Waals surface area contributed by atoms with Crippen molar-refractivity contribution in [1.82, 2.24) is 15.6 Å². The SMILES string of the molecule is O=C1N[C@@H](c2ccc(Cl)cc2)[C@@H](C(=O)c2cccnc2)[C@](O)(C(F)(F)F)N1. The fourth-order valence-electron chi connectivity index (χ4n) is 2.97. The fourth-order valence-corrected chi connectivity index (χ4v) is 3.10. The van der Waals surface area contributed by atoms with Crippen molar-refractivity contribution in [3.05, 3.63) is 64.9 Å². The number of carbonyl (C=O) groups is 2. The molecule has 2 heterocycles. The van der Waals surface area contributed by atoms with Crippen molar-refractivity contribution in [1.29, 1.82) is 0 Å². The summed E-state index contributed by atoms with van der Waals surface area (Å²) in [5.41, 5.74) is -3.73. The van der Waals surface area contributed by atoms with Gasteiger partial charge in [0.05, 0.1) is 6.04 Å². The van der Waals surface area contributed by atoms with Crippen molar-refractivity contribution in [2.75, 3.05) is 0 Å². The lowest BCUT2D eigenvalue weighted by Gasteiger charge is -2.45. The van der Waals surface area contributed by atoms with Gasteiger partial charge in [0.1, 0.15) is 5.92 Å². The van der Waals surface area contributed by atoms with Crippen LogP contribution in [0.25, 0.3) is 0 Å². The molecule has 1 aromatic heterocycles. The van der Waals surface area contributed by atoms with Gasteiger partial charge in [-0.1, -0.05) is 23.7 Å². The Morgan fingerprint density at radius 2 is 1.89 bits per heavy atom. The van der Waals surface area contributed by atoms with Crippen molar-refractivity contribution in [2.24, 2.45) is 5.92 Å². The minimum Gasteiger partial charge on any atom is -0.363 e. The quantitative estimate of drug-likeness (QED) is 0.692. The maximum Gasteiger partial charge on any atom is 0.437 e. The summed E-state index contributed by atoms with van der Waals surface area (Å²) in [4.78, 5) is 28.5. The largest absolute Gasteiger partial charge is 0.437 e. The van der Waals surface area contributed by atoms with Crippen LogP contribution in [0, 0.1) is 5.92 Å².